The van der Waals surface area contributed by atoms with Crippen molar-refractivity contribution < 1.29 is 9.22 Å². The Labute approximate surface area is 141 Å². The third-order valence-corrected chi connectivity index (χ3v) is 8.98. The quantitative estimate of drug-likeness (QED) is 0.560. The van der Waals surface area contributed by atoms with Crippen molar-refractivity contribution in [2.45, 2.75) is 58.2 Å². The summed E-state index contributed by atoms with van der Waals surface area (Å²) in [5.41, 5.74) is 1.83. The fourth-order valence-corrected chi connectivity index (χ4v) is 3.19. The second-order valence-corrected chi connectivity index (χ2v) is 12.3. The van der Waals surface area contributed by atoms with E-state index in [9.17, 15) is 4.79 Å². The van der Waals surface area contributed by atoms with Crippen LogP contribution in [0.2, 0.25) is 18.1 Å². The van der Waals surface area contributed by atoms with Crippen molar-refractivity contribution in [3.8, 4) is 11.8 Å². The number of rotatable bonds is 2. The van der Waals surface area contributed by atoms with Gasteiger partial charge in [0.25, 0.3) is 8.32 Å². The molecule has 0 radical (unpaired) electrons. The summed E-state index contributed by atoms with van der Waals surface area (Å²) in [6, 6.07) is 9.87. The van der Waals surface area contributed by atoms with Crippen molar-refractivity contribution in [3.05, 3.63) is 47.2 Å². The summed E-state index contributed by atoms with van der Waals surface area (Å²) in [4.78, 5) is 12.4. The Bertz CT molecular complexity index is 667. The van der Waals surface area contributed by atoms with E-state index in [1.165, 1.54) is 0 Å². The van der Waals surface area contributed by atoms with Gasteiger partial charge in [0.1, 0.15) is 0 Å². The number of benzene rings is 1. The van der Waals surface area contributed by atoms with Crippen molar-refractivity contribution in [1.82, 2.24) is 0 Å². The first kappa shape index (κ1) is 17.6. The molecule has 1 aliphatic rings. The summed E-state index contributed by atoms with van der Waals surface area (Å²) in [7, 11) is -2.03. The van der Waals surface area contributed by atoms with E-state index < -0.39 is 8.32 Å². The highest BCUT2D eigenvalue weighted by atomic mass is 28.4. The molecule has 0 atom stereocenters. The smallest absolute Gasteiger partial charge is 0.250 e. The SMILES string of the molecule is CC(C)(C)[Si](C)(C)OC1=C(C#Cc2ccccc2)CCCC1=O. The van der Waals surface area contributed by atoms with Crippen LogP contribution in [0, 0.1) is 11.8 Å². The fourth-order valence-electron chi connectivity index (χ4n) is 2.14. The topological polar surface area (TPSA) is 26.3 Å². The predicted octanol–water partition coefficient (Wildman–Crippen LogP) is 5.07. The lowest BCUT2D eigenvalue weighted by Gasteiger charge is -2.37. The van der Waals surface area contributed by atoms with Gasteiger partial charge in [0.15, 0.2) is 11.5 Å². The lowest BCUT2D eigenvalue weighted by Crippen LogP contribution is -2.42. The Morgan fingerprint density at radius 2 is 1.70 bits per heavy atom. The number of carbonyl (C=O) groups is 1. The van der Waals surface area contributed by atoms with Gasteiger partial charge in [-0.25, -0.2) is 0 Å². The van der Waals surface area contributed by atoms with Crippen LogP contribution < -0.4 is 0 Å². The van der Waals surface area contributed by atoms with E-state index in [2.05, 4.69) is 45.7 Å². The van der Waals surface area contributed by atoms with E-state index in [4.69, 9.17) is 4.43 Å². The number of hydrogen-bond donors (Lipinski definition) is 0. The molecule has 1 aromatic carbocycles. The molecule has 0 saturated carbocycles. The summed E-state index contributed by atoms with van der Waals surface area (Å²) in [6.07, 6.45) is 2.26. The molecule has 122 valence electrons. The molecule has 0 aromatic heterocycles. The molecule has 0 saturated heterocycles. The highest BCUT2D eigenvalue weighted by molar-refractivity contribution is 6.74. The molecular weight excluding hydrogens is 300 g/mol. The minimum atomic E-state index is -2.03. The van der Waals surface area contributed by atoms with Crippen LogP contribution in [0.15, 0.2) is 41.7 Å². The molecule has 0 spiro atoms. The highest BCUT2D eigenvalue weighted by Crippen LogP contribution is 2.39. The van der Waals surface area contributed by atoms with Crippen molar-refractivity contribution in [3.63, 3.8) is 0 Å². The van der Waals surface area contributed by atoms with E-state index in [1.807, 2.05) is 30.3 Å². The average molecular weight is 327 g/mol. The molecule has 0 amide bonds. The zero-order valence-electron chi connectivity index (χ0n) is 14.8. The minimum Gasteiger partial charge on any atom is -0.541 e. The van der Waals surface area contributed by atoms with Gasteiger partial charge in [-0.15, -0.1) is 0 Å². The van der Waals surface area contributed by atoms with Crippen molar-refractivity contribution in [2.24, 2.45) is 0 Å². The van der Waals surface area contributed by atoms with E-state index >= 15 is 0 Å². The van der Waals surface area contributed by atoms with Crippen molar-refractivity contribution in [2.75, 3.05) is 0 Å². The summed E-state index contributed by atoms with van der Waals surface area (Å²) in [5, 5.41) is 0.0652. The number of hydrogen-bond acceptors (Lipinski definition) is 2. The van der Waals surface area contributed by atoms with Gasteiger partial charge in [-0.2, -0.15) is 0 Å². The van der Waals surface area contributed by atoms with E-state index in [0.29, 0.717) is 12.2 Å². The average Bonchev–Trinajstić information content (AvgIpc) is 2.48. The van der Waals surface area contributed by atoms with Gasteiger partial charge in [0, 0.05) is 17.6 Å². The third-order valence-electron chi connectivity index (χ3n) is 4.65. The number of carbonyl (C=O) groups excluding carboxylic acids is 1. The molecule has 0 aliphatic heterocycles. The van der Waals surface area contributed by atoms with Gasteiger partial charge in [0.05, 0.1) is 0 Å². The zero-order chi connectivity index (χ0) is 17.1. The van der Waals surface area contributed by atoms with E-state index in [0.717, 1.165) is 24.0 Å². The predicted molar refractivity (Wildman–Crippen MR) is 97.5 cm³/mol. The Morgan fingerprint density at radius 3 is 2.30 bits per heavy atom. The second-order valence-electron chi connectivity index (χ2n) is 7.56. The highest BCUT2D eigenvalue weighted by Gasteiger charge is 2.41. The Balaban J connectivity index is 2.36. The van der Waals surface area contributed by atoms with Crippen LogP contribution in [0.1, 0.15) is 45.6 Å². The molecule has 1 aliphatic carbocycles. The summed E-state index contributed by atoms with van der Waals surface area (Å²) in [5.74, 6) is 7.01. The Hall–Kier alpha value is -1.79. The molecule has 0 heterocycles. The molecule has 0 fully saturated rings. The normalized spacial score (nSPS) is 16.0. The van der Waals surface area contributed by atoms with Crippen LogP contribution in [0.4, 0.5) is 0 Å². The van der Waals surface area contributed by atoms with Crippen LogP contribution >= 0.6 is 0 Å². The molecule has 2 nitrogen and oxygen atoms in total. The molecular formula is C20H26O2Si. The second kappa shape index (κ2) is 6.76. The molecule has 3 heteroatoms. The maximum absolute atomic E-state index is 12.4. The maximum atomic E-state index is 12.4. The molecule has 0 N–H and O–H groups in total. The first-order chi connectivity index (χ1) is 10.7. The molecule has 0 bridgehead atoms. The fraction of sp³-hybridized carbons (Fsp3) is 0.450. The molecule has 2 rings (SSSR count). The van der Waals surface area contributed by atoms with E-state index in [1.54, 1.807) is 0 Å². The van der Waals surface area contributed by atoms with Crippen molar-refractivity contribution >= 4 is 14.1 Å². The van der Waals surface area contributed by atoms with Gasteiger partial charge < -0.3 is 4.43 Å². The molecule has 23 heavy (non-hydrogen) atoms. The number of allylic oxidation sites excluding steroid dienone is 2. The molecule has 1 aromatic rings. The van der Waals surface area contributed by atoms with Gasteiger partial charge in [0.2, 0.25) is 0 Å². The van der Waals surface area contributed by atoms with Crippen molar-refractivity contribution in [1.29, 1.82) is 0 Å². The van der Waals surface area contributed by atoms with Crippen LogP contribution in [0.25, 0.3) is 0 Å². The van der Waals surface area contributed by atoms with Gasteiger partial charge in [-0.05, 0) is 43.1 Å². The molecule has 0 unspecified atom stereocenters. The Morgan fingerprint density at radius 1 is 1.04 bits per heavy atom. The van der Waals surface area contributed by atoms with Gasteiger partial charge in [-0.3, -0.25) is 4.79 Å². The third kappa shape index (κ3) is 4.36. The summed E-state index contributed by atoms with van der Waals surface area (Å²) < 4.78 is 6.32. The van der Waals surface area contributed by atoms with E-state index in [-0.39, 0.29) is 10.8 Å². The lowest BCUT2D eigenvalue weighted by atomic mass is 9.97. The van der Waals surface area contributed by atoms with Crippen LogP contribution in [-0.4, -0.2) is 14.1 Å². The van der Waals surface area contributed by atoms with Crippen LogP contribution in [0.5, 0.6) is 0 Å². The number of Topliss-reactive ketones (excluding diaryl/α,β-unsaturated/α-hetero) is 1. The minimum absolute atomic E-state index is 0.0652. The monoisotopic (exact) mass is 326 g/mol. The Kier molecular flexibility index (Phi) is 5.16. The largest absolute Gasteiger partial charge is 0.541 e. The standard InChI is InChI=1S/C20H26O2Si/c1-20(2,3)23(4,5)22-19-17(12-9-13-18(19)21)15-14-16-10-7-6-8-11-16/h6-8,10-11H,9,12-13H2,1-5H3. The maximum Gasteiger partial charge on any atom is 0.250 e. The van der Waals surface area contributed by atoms with Crippen LogP contribution in [0.3, 0.4) is 0 Å². The number of ketones is 1. The first-order valence-electron chi connectivity index (χ1n) is 8.23. The first-order valence-corrected chi connectivity index (χ1v) is 11.1. The lowest BCUT2D eigenvalue weighted by molar-refractivity contribution is -0.118. The van der Waals surface area contributed by atoms with Gasteiger partial charge in [-0.1, -0.05) is 50.8 Å². The van der Waals surface area contributed by atoms with Gasteiger partial charge >= 0.3 is 0 Å². The van der Waals surface area contributed by atoms with Crippen LogP contribution in [-0.2, 0) is 9.22 Å². The summed E-state index contributed by atoms with van der Waals surface area (Å²) >= 11 is 0. The zero-order valence-corrected chi connectivity index (χ0v) is 15.8. The summed E-state index contributed by atoms with van der Waals surface area (Å²) in [6.45, 7) is 10.9.